The normalized spacial score (nSPS) is 12.7. The standard InChI is InChI=1S/C28H30NSi.C13H24O2.Ir/c1-28(2,3)23-15-12-21(13-16-23)25-17-14-22-18-27(30(4,5)6)24(19-26(22)29-25)20-10-8-7-9-11-20;1-7-12(3,4)10(14)9-11(15)13(5,6)8-2;/h7-12,14-19H,1-6H3;9,14H,7-8H2,1-6H3;/q-1;;/b;10-9-;. The van der Waals surface area contributed by atoms with Gasteiger partial charge in [-0.15, -0.1) is 35.4 Å². The van der Waals surface area contributed by atoms with Crippen LogP contribution in [0.25, 0.3) is 33.3 Å². The second kappa shape index (κ2) is 15.4. The molecule has 0 aliphatic carbocycles. The predicted octanol–water partition coefficient (Wildman–Crippen LogP) is 11.1. The van der Waals surface area contributed by atoms with Gasteiger partial charge in [-0.05, 0) is 46.5 Å². The van der Waals surface area contributed by atoms with E-state index in [2.05, 4.69) is 119 Å². The number of fused-ring (bicyclic) bond motifs is 1. The number of rotatable bonds is 8. The van der Waals surface area contributed by atoms with Crippen LogP contribution in [-0.2, 0) is 30.3 Å². The molecule has 0 amide bonds. The van der Waals surface area contributed by atoms with Gasteiger partial charge in [0.05, 0.1) is 13.6 Å². The van der Waals surface area contributed by atoms with Gasteiger partial charge < -0.3 is 5.11 Å². The Labute approximate surface area is 293 Å². The molecule has 0 spiro atoms. The molecular weight excluding hydrogens is 759 g/mol. The molecule has 46 heavy (non-hydrogen) atoms. The summed E-state index contributed by atoms with van der Waals surface area (Å²) < 4.78 is 0. The van der Waals surface area contributed by atoms with E-state index in [9.17, 15) is 9.90 Å². The molecule has 249 valence electrons. The summed E-state index contributed by atoms with van der Waals surface area (Å²) in [4.78, 5) is 16.9. The van der Waals surface area contributed by atoms with Crippen molar-refractivity contribution in [3.05, 3.63) is 96.3 Å². The van der Waals surface area contributed by atoms with Crippen molar-refractivity contribution >= 4 is 29.9 Å². The van der Waals surface area contributed by atoms with Crippen LogP contribution in [0, 0.1) is 16.9 Å². The summed E-state index contributed by atoms with van der Waals surface area (Å²) in [6.07, 6.45) is 2.99. The van der Waals surface area contributed by atoms with Gasteiger partial charge in [-0.2, -0.15) is 0 Å². The minimum Gasteiger partial charge on any atom is -0.512 e. The molecule has 0 saturated heterocycles. The molecule has 0 fully saturated rings. The molecule has 0 aliphatic heterocycles. The predicted molar refractivity (Wildman–Crippen MR) is 197 cm³/mol. The number of pyridine rings is 1. The summed E-state index contributed by atoms with van der Waals surface area (Å²) in [7, 11) is -1.51. The maximum Gasteiger partial charge on any atom is 0.164 e. The summed E-state index contributed by atoms with van der Waals surface area (Å²) in [6.45, 7) is 25.6. The van der Waals surface area contributed by atoms with Gasteiger partial charge in [0.15, 0.2) is 5.78 Å². The molecule has 0 bridgehead atoms. The Balaban J connectivity index is 0.000000394. The number of hydrogen-bond acceptors (Lipinski definition) is 3. The van der Waals surface area contributed by atoms with Gasteiger partial charge in [0.2, 0.25) is 0 Å². The van der Waals surface area contributed by atoms with Crippen LogP contribution in [-0.4, -0.2) is 23.9 Å². The number of aliphatic hydroxyl groups excluding tert-OH is 1. The Bertz CT molecular complexity index is 1640. The zero-order valence-electron chi connectivity index (χ0n) is 30.1. The molecule has 1 heterocycles. The Morgan fingerprint density at radius 2 is 1.46 bits per heavy atom. The molecule has 4 aromatic rings. The van der Waals surface area contributed by atoms with Crippen LogP contribution in [0.1, 0.15) is 80.7 Å². The minimum absolute atomic E-state index is 0. The smallest absolute Gasteiger partial charge is 0.164 e. The van der Waals surface area contributed by atoms with Crippen molar-refractivity contribution in [2.24, 2.45) is 10.8 Å². The molecule has 1 radical (unpaired) electrons. The maximum atomic E-state index is 11.8. The average molecular weight is 813 g/mol. The van der Waals surface area contributed by atoms with Crippen molar-refractivity contribution < 1.29 is 30.0 Å². The van der Waals surface area contributed by atoms with Crippen LogP contribution in [0.3, 0.4) is 0 Å². The quantitative estimate of drug-likeness (QED) is 0.0834. The van der Waals surface area contributed by atoms with E-state index in [1.54, 1.807) is 0 Å². The number of hydrogen-bond donors (Lipinski definition) is 1. The third kappa shape index (κ3) is 9.83. The summed E-state index contributed by atoms with van der Waals surface area (Å²) in [5, 5.41) is 12.5. The van der Waals surface area contributed by atoms with Crippen LogP contribution in [0.5, 0.6) is 0 Å². The fourth-order valence-electron chi connectivity index (χ4n) is 4.72. The molecule has 0 saturated carbocycles. The van der Waals surface area contributed by atoms with E-state index in [0.29, 0.717) is 0 Å². The molecule has 5 heteroatoms. The van der Waals surface area contributed by atoms with Crippen LogP contribution in [0.15, 0.2) is 84.6 Å². The summed E-state index contributed by atoms with van der Waals surface area (Å²) in [6, 6.07) is 29.6. The van der Waals surface area contributed by atoms with Crippen LogP contribution in [0.2, 0.25) is 19.6 Å². The Morgan fingerprint density at radius 1 is 0.848 bits per heavy atom. The van der Waals surface area contributed by atoms with Gasteiger partial charge in [-0.1, -0.05) is 136 Å². The molecule has 4 rings (SSSR count). The number of ketones is 1. The first-order valence-electron chi connectivity index (χ1n) is 16.3. The molecule has 1 N–H and O–H groups in total. The Kier molecular flexibility index (Phi) is 13.1. The van der Waals surface area contributed by atoms with Crippen LogP contribution in [0.4, 0.5) is 0 Å². The zero-order chi connectivity index (χ0) is 33.8. The molecule has 3 nitrogen and oxygen atoms in total. The SMILES string of the molecule is CC(C)(C)c1c[c-]c(-c2ccc3cc([Si](C)(C)C)c(-c4ccccc4)cc3n2)cc1.CCC(C)(C)C(=O)/C=C(\O)C(C)(C)CC.[Ir]. The van der Waals surface area contributed by atoms with Crippen molar-refractivity contribution in [1.82, 2.24) is 4.98 Å². The third-order valence-electron chi connectivity index (χ3n) is 9.07. The van der Waals surface area contributed by atoms with Gasteiger partial charge in [-0.25, -0.2) is 0 Å². The number of aliphatic hydroxyl groups is 1. The zero-order valence-corrected chi connectivity index (χ0v) is 33.5. The van der Waals surface area contributed by atoms with Gasteiger partial charge in [0.25, 0.3) is 0 Å². The van der Waals surface area contributed by atoms with Gasteiger partial charge in [0.1, 0.15) is 5.76 Å². The number of aromatic nitrogens is 1. The fourth-order valence-corrected chi connectivity index (χ4v) is 6.33. The number of carbonyl (C=O) groups excluding carboxylic acids is 1. The Hall–Kier alpha value is -2.85. The number of nitrogens with zero attached hydrogens (tertiary/aromatic N) is 1. The molecule has 0 unspecified atom stereocenters. The van der Waals surface area contributed by atoms with E-state index in [-0.39, 0.29) is 47.9 Å². The molecule has 1 aromatic heterocycles. The molecular formula is C41H54IrNO2Si-. The number of carbonyl (C=O) groups is 1. The first kappa shape index (κ1) is 39.3. The monoisotopic (exact) mass is 813 g/mol. The third-order valence-corrected chi connectivity index (χ3v) is 11.1. The second-order valence-electron chi connectivity index (χ2n) is 15.5. The van der Waals surface area contributed by atoms with E-state index in [0.717, 1.165) is 29.6 Å². The number of benzene rings is 3. The Morgan fingerprint density at radius 3 is 1.96 bits per heavy atom. The van der Waals surface area contributed by atoms with Crippen molar-refractivity contribution in [2.75, 3.05) is 0 Å². The van der Waals surface area contributed by atoms with E-state index in [1.165, 1.54) is 33.3 Å². The number of allylic oxidation sites excluding steroid dienone is 2. The van der Waals surface area contributed by atoms with E-state index in [4.69, 9.17) is 4.98 Å². The summed E-state index contributed by atoms with van der Waals surface area (Å²) in [5.74, 6) is 0.195. The van der Waals surface area contributed by atoms with Crippen molar-refractivity contribution in [2.45, 2.75) is 100 Å². The van der Waals surface area contributed by atoms with E-state index in [1.807, 2.05) is 41.5 Å². The topological polar surface area (TPSA) is 50.2 Å². The van der Waals surface area contributed by atoms with Crippen molar-refractivity contribution in [3.8, 4) is 22.4 Å². The van der Waals surface area contributed by atoms with Gasteiger partial charge in [-0.3, -0.25) is 9.78 Å². The molecule has 0 aliphatic rings. The van der Waals surface area contributed by atoms with Gasteiger partial charge in [0, 0.05) is 37.0 Å². The molecule has 3 aromatic carbocycles. The van der Waals surface area contributed by atoms with Crippen LogP contribution < -0.4 is 5.19 Å². The van der Waals surface area contributed by atoms with Gasteiger partial charge >= 0.3 is 0 Å². The van der Waals surface area contributed by atoms with E-state index >= 15 is 0 Å². The maximum absolute atomic E-state index is 11.8. The largest absolute Gasteiger partial charge is 0.512 e. The average Bonchev–Trinajstić information content (AvgIpc) is 3.00. The summed E-state index contributed by atoms with van der Waals surface area (Å²) >= 11 is 0. The minimum atomic E-state index is -1.51. The van der Waals surface area contributed by atoms with E-state index < -0.39 is 8.07 Å². The van der Waals surface area contributed by atoms with Crippen molar-refractivity contribution in [3.63, 3.8) is 0 Å². The van der Waals surface area contributed by atoms with Crippen molar-refractivity contribution in [1.29, 1.82) is 0 Å². The molecule has 0 atom stereocenters. The fraction of sp³-hybridized carbons (Fsp3) is 0.415. The first-order chi connectivity index (χ1) is 20.8. The first-order valence-corrected chi connectivity index (χ1v) is 19.8. The van der Waals surface area contributed by atoms with Crippen LogP contribution >= 0.6 is 0 Å². The summed E-state index contributed by atoms with van der Waals surface area (Å²) in [5.41, 5.74) is 6.38. The second-order valence-corrected chi connectivity index (χ2v) is 20.6.